The second-order valence-corrected chi connectivity index (χ2v) is 7.29. The zero-order chi connectivity index (χ0) is 18.8. The molecule has 4 aromatic rings. The molecule has 2 heterocycles. The van der Waals surface area contributed by atoms with E-state index in [1.807, 2.05) is 30.3 Å². The van der Waals surface area contributed by atoms with E-state index in [4.69, 9.17) is 23.2 Å². The molecule has 1 N–H and O–H groups in total. The second-order valence-electron chi connectivity index (χ2n) is 5.47. The number of benzene rings is 2. The molecule has 0 aliphatic carbocycles. The van der Waals surface area contributed by atoms with Gasteiger partial charge in [-0.15, -0.1) is 10.2 Å². The number of carbonyl (C=O) groups excluding carboxylic acids is 1. The van der Waals surface area contributed by atoms with Crippen molar-refractivity contribution in [2.24, 2.45) is 0 Å². The molecule has 134 valence electrons. The molecule has 2 aromatic carbocycles. The number of nitrogens with one attached hydrogen (secondary N) is 1. The van der Waals surface area contributed by atoms with Crippen molar-refractivity contribution in [3.05, 3.63) is 76.5 Å². The quantitative estimate of drug-likeness (QED) is 0.511. The van der Waals surface area contributed by atoms with Gasteiger partial charge in [0.05, 0.1) is 10.7 Å². The minimum absolute atomic E-state index is 0.254. The van der Waals surface area contributed by atoms with Crippen LogP contribution >= 0.6 is 34.5 Å². The van der Waals surface area contributed by atoms with Crippen LogP contribution in [0.15, 0.2) is 60.8 Å². The van der Waals surface area contributed by atoms with E-state index >= 15 is 0 Å². The number of nitrogens with zero attached hydrogens (tertiary/aromatic N) is 4. The van der Waals surface area contributed by atoms with Gasteiger partial charge in [-0.2, -0.15) is 5.10 Å². The highest BCUT2D eigenvalue weighted by Gasteiger charge is 2.15. The Hall–Kier alpha value is -2.74. The van der Waals surface area contributed by atoms with Crippen molar-refractivity contribution in [2.45, 2.75) is 0 Å². The van der Waals surface area contributed by atoms with Crippen LogP contribution in [-0.2, 0) is 0 Å². The van der Waals surface area contributed by atoms with Crippen molar-refractivity contribution in [1.29, 1.82) is 0 Å². The molecule has 27 heavy (non-hydrogen) atoms. The maximum absolute atomic E-state index is 12.4. The lowest BCUT2D eigenvalue weighted by Gasteiger charge is -2.01. The van der Waals surface area contributed by atoms with E-state index in [9.17, 15) is 4.79 Å². The molecular weight excluding hydrogens is 405 g/mol. The minimum Gasteiger partial charge on any atom is -0.295 e. The van der Waals surface area contributed by atoms with Gasteiger partial charge < -0.3 is 0 Å². The Morgan fingerprint density at radius 1 is 1.04 bits per heavy atom. The van der Waals surface area contributed by atoms with E-state index in [0.717, 1.165) is 11.3 Å². The van der Waals surface area contributed by atoms with Crippen LogP contribution in [0.4, 0.5) is 5.13 Å². The van der Waals surface area contributed by atoms with E-state index in [-0.39, 0.29) is 11.6 Å². The van der Waals surface area contributed by atoms with Crippen LogP contribution in [0.3, 0.4) is 0 Å². The summed E-state index contributed by atoms with van der Waals surface area (Å²) < 4.78 is 1.58. The molecule has 0 unspecified atom stereocenters. The van der Waals surface area contributed by atoms with Crippen molar-refractivity contribution in [3.63, 3.8) is 0 Å². The zero-order valence-corrected chi connectivity index (χ0v) is 16.0. The monoisotopic (exact) mass is 415 g/mol. The fourth-order valence-electron chi connectivity index (χ4n) is 2.39. The van der Waals surface area contributed by atoms with Crippen molar-refractivity contribution in [3.8, 4) is 16.3 Å². The Labute approximate surface area is 168 Å². The lowest BCUT2D eigenvalue weighted by molar-refractivity contribution is 0.102. The van der Waals surface area contributed by atoms with Crippen LogP contribution in [0.1, 0.15) is 10.5 Å². The van der Waals surface area contributed by atoms with Gasteiger partial charge in [0.15, 0.2) is 10.7 Å². The highest BCUT2D eigenvalue weighted by Crippen LogP contribution is 2.31. The van der Waals surface area contributed by atoms with Gasteiger partial charge in [0.1, 0.15) is 0 Å². The third-order valence-corrected chi connectivity index (χ3v) is 5.08. The fourth-order valence-corrected chi connectivity index (χ4v) is 3.63. The number of carbonyl (C=O) groups is 1. The van der Waals surface area contributed by atoms with E-state index in [0.29, 0.717) is 20.2 Å². The van der Waals surface area contributed by atoms with Gasteiger partial charge in [0.25, 0.3) is 5.91 Å². The number of halogens is 2. The largest absolute Gasteiger partial charge is 0.295 e. The van der Waals surface area contributed by atoms with Crippen LogP contribution in [0, 0.1) is 0 Å². The van der Waals surface area contributed by atoms with Gasteiger partial charge in [-0.1, -0.05) is 58.8 Å². The van der Waals surface area contributed by atoms with E-state index < -0.39 is 0 Å². The minimum atomic E-state index is -0.377. The SMILES string of the molecule is O=C(Nc1nnc(-c2ccccc2Cl)s1)c1ccn(-c2cccc(Cl)c2)n1. The van der Waals surface area contributed by atoms with Crippen LogP contribution in [0.25, 0.3) is 16.3 Å². The maximum Gasteiger partial charge on any atom is 0.277 e. The molecule has 0 spiro atoms. The standard InChI is InChI=1S/C18H11Cl2N5OS/c19-11-4-3-5-12(10-11)25-9-8-15(24-25)16(26)21-18-23-22-17(27-18)13-6-1-2-7-14(13)20/h1-10H,(H,21,23,26). The number of rotatable bonds is 4. The Morgan fingerprint density at radius 2 is 1.89 bits per heavy atom. The van der Waals surface area contributed by atoms with E-state index in [1.54, 1.807) is 35.1 Å². The predicted molar refractivity (Wildman–Crippen MR) is 107 cm³/mol. The second kappa shape index (κ2) is 7.48. The fraction of sp³-hybridized carbons (Fsp3) is 0. The molecule has 0 saturated carbocycles. The molecule has 0 aliphatic heterocycles. The van der Waals surface area contributed by atoms with E-state index in [2.05, 4.69) is 20.6 Å². The Morgan fingerprint density at radius 3 is 2.70 bits per heavy atom. The Bertz CT molecular complexity index is 1120. The summed E-state index contributed by atoms with van der Waals surface area (Å²) >= 11 is 13.4. The molecule has 0 saturated heterocycles. The summed E-state index contributed by atoms with van der Waals surface area (Å²) in [6.45, 7) is 0. The number of hydrogen-bond donors (Lipinski definition) is 1. The van der Waals surface area contributed by atoms with Crippen molar-refractivity contribution >= 4 is 45.6 Å². The Balaban J connectivity index is 1.51. The molecule has 0 fully saturated rings. The van der Waals surface area contributed by atoms with Gasteiger partial charge in [0.2, 0.25) is 5.13 Å². The molecule has 9 heteroatoms. The number of amides is 1. The number of aromatic nitrogens is 4. The first-order valence-corrected chi connectivity index (χ1v) is 9.39. The van der Waals surface area contributed by atoms with E-state index in [1.165, 1.54) is 11.3 Å². The average molecular weight is 416 g/mol. The first-order valence-electron chi connectivity index (χ1n) is 7.81. The highest BCUT2D eigenvalue weighted by atomic mass is 35.5. The van der Waals surface area contributed by atoms with Crippen molar-refractivity contribution < 1.29 is 4.79 Å². The molecule has 6 nitrogen and oxygen atoms in total. The highest BCUT2D eigenvalue weighted by molar-refractivity contribution is 7.18. The number of hydrogen-bond acceptors (Lipinski definition) is 5. The summed E-state index contributed by atoms with van der Waals surface area (Å²) in [5, 5.41) is 17.2. The summed E-state index contributed by atoms with van der Waals surface area (Å²) in [6, 6.07) is 16.1. The van der Waals surface area contributed by atoms with Gasteiger partial charge in [-0.25, -0.2) is 4.68 Å². The smallest absolute Gasteiger partial charge is 0.277 e. The van der Waals surface area contributed by atoms with Crippen molar-refractivity contribution in [1.82, 2.24) is 20.0 Å². The van der Waals surface area contributed by atoms with Gasteiger partial charge >= 0.3 is 0 Å². The van der Waals surface area contributed by atoms with Crippen LogP contribution in [0.5, 0.6) is 0 Å². The summed E-state index contributed by atoms with van der Waals surface area (Å²) in [4.78, 5) is 12.4. The van der Waals surface area contributed by atoms with Crippen LogP contribution < -0.4 is 5.32 Å². The number of anilines is 1. The molecule has 4 rings (SSSR count). The summed E-state index contributed by atoms with van der Waals surface area (Å²) in [7, 11) is 0. The molecular formula is C18H11Cl2N5OS. The van der Waals surface area contributed by atoms with Crippen molar-refractivity contribution in [2.75, 3.05) is 5.32 Å². The lowest BCUT2D eigenvalue weighted by Crippen LogP contribution is -2.13. The molecule has 2 aromatic heterocycles. The predicted octanol–water partition coefficient (Wildman–Crippen LogP) is 4.95. The summed E-state index contributed by atoms with van der Waals surface area (Å²) in [5.74, 6) is -0.377. The first kappa shape index (κ1) is 17.7. The third-order valence-electron chi connectivity index (χ3n) is 3.64. The van der Waals surface area contributed by atoms with Gasteiger partial charge in [0, 0.05) is 16.8 Å². The zero-order valence-electron chi connectivity index (χ0n) is 13.6. The molecule has 0 atom stereocenters. The van der Waals surface area contributed by atoms with Crippen LogP contribution in [-0.4, -0.2) is 25.9 Å². The first-order chi connectivity index (χ1) is 13.1. The van der Waals surface area contributed by atoms with Crippen LogP contribution in [0.2, 0.25) is 10.0 Å². The molecule has 0 bridgehead atoms. The Kier molecular flexibility index (Phi) is 4.89. The summed E-state index contributed by atoms with van der Waals surface area (Å²) in [6.07, 6.45) is 1.69. The third kappa shape index (κ3) is 3.85. The van der Waals surface area contributed by atoms with Gasteiger partial charge in [-0.05, 0) is 30.3 Å². The molecule has 0 radical (unpaired) electrons. The molecule has 0 aliphatic rings. The maximum atomic E-state index is 12.4. The lowest BCUT2D eigenvalue weighted by atomic mass is 10.2. The summed E-state index contributed by atoms with van der Waals surface area (Å²) in [5.41, 5.74) is 1.78. The molecule has 1 amide bonds. The van der Waals surface area contributed by atoms with Gasteiger partial charge in [-0.3, -0.25) is 10.1 Å². The average Bonchev–Trinajstić information content (AvgIpc) is 3.32. The topological polar surface area (TPSA) is 72.7 Å². The normalized spacial score (nSPS) is 10.7.